The van der Waals surface area contributed by atoms with Crippen molar-refractivity contribution in [2.45, 2.75) is 59.2 Å². The highest BCUT2D eigenvalue weighted by Gasteiger charge is 2.23. The maximum absolute atomic E-state index is 5.85. The Morgan fingerprint density at radius 3 is 2.43 bits per heavy atom. The smallest absolute Gasteiger partial charge is 0.0726 e. The Kier molecular flexibility index (Phi) is 6.72. The maximum Gasteiger partial charge on any atom is 0.0726 e. The lowest BCUT2D eigenvalue weighted by Gasteiger charge is -2.38. The summed E-state index contributed by atoms with van der Waals surface area (Å²) in [5, 5.41) is 3.58. The number of hydrogen-bond acceptors (Lipinski definition) is 4. The maximum atomic E-state index is 5.85. The molecule has 3 N–H and O–H groups in total. The number of nitrogens with zero attached hydrogens (tertiary/aromatic N) is 1. The first kappa shape index (κ1) is 18.1. The minimum Gasteiger partial charge on any atom is -0.385 e. The van der Waals surface area contributed by atoms with E-state index in [0.29, 0.717) is 12.2 Å². The second-order valence-electron chi connectivity index (χ2n) is 6.82. The van der Waals surface area contributed by atoms with Gasteiger partial charge in [0.15, 0.2) is 0 Å². The van der Waals surface area contributed by atoms with Crippen LogP contribution in [0.2, 0.25) is 0 Å². The normalized spacial score (nSPS) is 21.5. The van der Waals surface area contributed by atoms with Gasteiger partial charge < -0.3 is 20.7 Å². The molecule has 0 radical (unpaired) electrons. The first-order valence-electron chi connectivity index (χ1n) is 8.97. The van der Waals surface area contributed by atoms with Crippen molar-refractivity contribution in [3.63, 3.8) is 0 Å². The first-order valence-corrected chi connectivity index (χ1v) is 8.97. The number of morpholine rings is 1. The summed E-state index contributed by atoms with van der Waals surface area (Å²) in [6, 6.07) is 4.49. The highest BCUT2D eigenvalue weighted by atomic mass is 16.5. The average Bonchev–Trinajstić information content (AvgIpc) is 2.50. The summed E-state index contributed by atoms with van der Waals surface area (Å²) in [6.45, 7) is 12.5. The minimum atomic E-state index is 0.291. The van der Waals surface area contributed by atoms with Crippen LogP contribution in [0, 0.1) is 13.8 Å². The number of benzene rings is 1. The molecule has 0 amide bonds. The number of nitrogens with two attached hydrogens (primary N) is 1. The topological polar surface area (TPSA) is 50.5 Å². The molecule has 0 aliphatic carbocycles. The van der Waals surface area contributed by atoms with Crippen LogP contribution in [0.25, 0.3) is 0 Å². The zero-order valence-corrected chi connectivity index (χ0v) is 15.2. The Bertz CT molecular complexity index is 494. The fourth-order valence-electron chi connectivity index (χ4n) is 3.38. The molecule has 130 valence electrons. The molecular weight excluding hydrogens is 286 g/mol. The monoisotopic (exact) mass is 319 g/mol. The molecule has 23 heavy (non-hydrogen) atoms. The van der Waals surface area contributed by atoms with Gasteiger partial charge in [-0.05, 0) is 70.3 Å². The second kappa shape index (κ2) is 8.55. The van der Waals surface area contributed by atoms with Crippen LogP contribution in [-0.4, -0.2) is 38.4 Å². The summed E-state index contributed by atoms with van der Waals surface area (Å²) in [4.78, 5) is 2.46. The molecule has 1 aromatic carbocycles. The fourth-order valence-corrected chi connectivity index (χ4v) is 3.38. The van der Waals surface area contributed by atoms with E-state index in [1.807, 2.05) is 0 Å². The molecule has 4 heteroatoms. The molecule has 2 unspecified atom stereocenters. The molecule has 0 bridgehead atoms. The minimum absolute atomic E-state index is 0.291. The van der Waals surface area contributed by atoms with Gasteiger partial charge in [0.1, 0.15) is 0 Å². The van der Waals surface area contributed by atoms with Crippen molar-refractivity contribution < 1.29 is 4.74 Å². The Balaban J connectivity index is 2.02. The van der Waals surface area contributed by atoms with Gasteiger partial charge in [0.05, 0.1) is 12.2 Å². The van der Waals surface area contributed by atoms with Crippen molar-refractivity contribution in [2.24, 2.45) is 5.73 Å². The van der Waals surface area contributed by atoms with E-state index in [4.69, 9.17) is 10.5 Å². The van der Waals surface area contributed by atoms with Crippen molar-refractivity contribution in [3.05, 3.63) is 23.3 Å². The predicted octanol–water partition coefficient (Wildman–Crippen LogP) is 3.46. The van der Waals surface area contributed by atoms with Gasteiger partial charge in [0.2, 0.25) is 0 Å². The van der Waals surface area contributed by atoms with E-state index in [9.17, 15) is 0 Å². The predicted molar refractivity (Wildman–Crippen MR) is 99.5 cm³/mol. The number of nitrogens with one attached hydrogen (secondary N) is 1. The number of ether oxygens (including phenoxy) is 1. The van der Waals surface area contributed by atoms with Crippen LogP contribution < -0.4 is 16.0 Å². The number of rotatable bonds is 7. The summed E-state index contributed by atoms with van der Waals surface area (Å²) >= 11 is 0. The van der Waals surface area contributed by atoms with Crippen LogP contribution in [0.3, 0.4) is 0 Å². The highest BCUT2D eigenvalue weighted by molar-refractivity contribution is 5.66. The SMILES string of the molecule is Cc1c(NCCCCCN)ccc(N2CC(C)OC(C)C2)c1C. The van der Waals surface area contributed by atoms with Gasteiger partial charge in [0.25, 0.3) is 0 Å². The van der Waals surface area contributed by atoms with Crippen LogP contribution in [0.4, 0.5) is 11.4 Å². The number of hydrogen-bond donors (Lipinski definition) is 2. The Hall–Kier alpha value is -1.26. The van der Waals surface area contributed by atoms with Crippen LogP contribution in [-0.2, 0) is 4.74 Å². The fraction of sp³-hybridized carbons (Fsp3) is 0.684. The quantitative estimate of drug-likeness (QED) is 0.756. The lowest BCUT2D eigenvalue weighted by atomic mass is 10.0. The average molecular weight is 319 g/mol. The second-order valence-corrected chi connectivity index (χ2v) is 6.82. The van der Waals surface area contributed by atoms with E-state index >= 15 is 0 Å². The zero-order chi connectivity index (χ0) is 16.8. The standard InChI is InChI=1S/C19H33N3O/c1-14-12-22(13-15(2)23-14)19-9-8-18(16(3)17(19)4)21-11-7-5-6-10-20/h8-9,14-15,21H,5-7,10-13,20H2,1-4H3. The van der Waals surface area contributed by atoms with E-state index in [1.54, 1.807) is 0 Å². The van der Waals surface area contributed by atoms with Crippen molar-refractivity contribution in [3.8, 4) is 0 Å². The third kappa shape index (κ3) is 4.85. The van der Waals surface area contributed by atoms with Crippen LogP contribution in [0.5, 0.6) is 0 Å². The van der Waals surface area contributed by atoms with Crippen LogP contribution in [0.1, 0.15) is 44.2 Å². The van der Waals surface area contributed by atoms with Gasteiger partial charge in [0, 0.05) is 31.0 Å². The Morgan fingerprint density at radius 1 is 1.09 bits per heavy atom. The molecule has 0 saturated carbocycles. The molecule has 1 aliphatic heterocycles. The van der Waals surface area contributed by atoms with Crippen molar-refractivity contribution in [1.82, 2.24) is 0 Å². The molecule has 1 heterocycles. The Morgan fingerprint density at radius 2 is 1.78 bits per heavy atom. The van der Waals surface area contributed by atoms with Gasteiger partial charge in [-0.2, -0.15) is 0 Å². The highest BCUT2D eigenvalue weighted by Crippen LogP contribution is 2.30. The molecule has 1 aliphatic rings. The third-order valence-corrected chi connectivity index (χ3v) is 4.72. The molecule has 1 aromatic rings. The van der Waals surface area contributed by atoms with Crippen LogP contribution in [0.15, 0.2) is 12.1 Å². The molecule has 2 rings (SSSR count). The van der Waals surface area contributed by atoms with Gasteiger partial charge in [-0.1, -0.05) is 6.42 Å². The van der Waals surface area contributed by atoms with E-state index < -0.39 is 0 Å². The van der Waals surface area contributed by atoms with E-state index in [1.165, 1.54) is 35.3 Å². The molecule has 0 aromatic heterocycles. The van der Waals surface area contributed by atoms with Gasteiger partial charge in [-0.25, -0.2) is 0 Å². The summed E-state index contributed by atoms with van der Waals surface area (Å²) in [5.41, 5.74) is 10.9. The molecule has 0 spiro atoms. The van der Waals surface area contributed by atoms with Crippen LogP contribution >= 0.6 is 0 Å². The summed E-state index contributed by atoms with van der Waals surface area (Å²) in [6.07, 6.45) is 4.07. The number of anilines is 2. The van der Waals surface area contributed by atoms with Gasteiger partial charge in [-0.15, -0.1) is 0 Å². The Labute approximate surface area is 141 Å². The number of unbranched alkanes of at least 4 members (excludes halogenated alkanes) is 2. The van der Waals surface area contributed by atoms with E-state index in [2.05, 4.69) is 50.0 Å². The largest absolute Gasteiger partial charge is 0.385 e. The molecule has 4 nitrogen and oxygen atoms in total. The first-order chi connectivity index (χ1) is 11.0. The summed E-state index contributed by atoms with van der Waals surface area (Å²) in [7, 11) is 0. The summed E-state index contributed by atoms with van der Waals surface area (Å²) in [5.74, 6) is 0. The van der Waals surface area contributed by atoms with Crippen molar-refractivity contribution in [1.29, 1.82) is 0 Å². The van der Waals surface area contributed by atoms with Gasteiger partial charge >= 0.3 is 0 Å². The zero-order valence-electron chi connectivity index (χ0n) is 15.2. The lowest BCUT2D eigenvalue weighted by molar-refractivity contribution is -0.00524. The van der Waals surface area contributed by atoms with E-state index in [-0.39, 0.29) is 0 Å². The molecular formula is C19H33N3O. The lowest BCUT2D eigenvalue weighted by Crippen LogP contribution is -2.45. The van der Waals surface area contributed by atoms with Gasteiger partial charge in [-0.3, -0.25) is 0 Å². The van der Waals surface area contributed by atoms with E-state index in [0.717, 1.165) is 32.6 Å². The third-order valence-electron chi connectivity index (χ3n) is 4.72. The van der Waals surface area contributed by atoms with Crippen molar-refractivity contribution >= 4 is 11.4 Å². The molecule has 2 atom stereocenters. The molecule has 1 fully saturated rings. The summed E-state index contributed by atoms with van der Waals surface area (Å²) < 4.78 is 5.85. The molecule has 1 saturated heterocycles. The van der Waals surface area contributed by atoms with Crippen molar-refractivity contribution in [2.75, 3.05) is 36.4 Å².